The smallest absolute Gasteiger partial charge is 0.294 e. The summed E-state index contributed by atoms with van der Waals surface area (Å²) in [4.78, 5) is 21.7. The number of para-hydroxylation sites is 6. The van der Waals surface area contributed by atoms with Gasteiger partial charge in [0.15, 0.2) is 0 Å². The summed E-state index contributed by atoms with van der Waals surface area (Å²) in [6.45, 7) is 0. The van der Waals surface area contributed by atoms with Gasteiger partial charge in [-0.3, -0.25) is 35.6 Å². The molecule has 0 fully saturated rings. The zero-order valence-electron chi connectivity index (χ0n) is 20.6. The fourth-order valence-electron chi connectivity index (χ4n) is 4.20. The lowest BCUT2D eigenvalue weighted by Crippen LogP contribution is -1.99. The Morgan fingerprint density at radius 3 is 1.85 bits per heavy atom. The maximum atomic E-state index is 11.3. The van der Waals surface area contributed by atoms with Crippen molar-refractivity contribution in [3.05, 3.63) is 134 Å². The van der Waals surface area contributed by atoms with Gasteiger partial charge in [-0.2, -0.15) is 10.2 Å². The molecule has 5 rings (SSSR count). The molecular formula is C28H20ClN7O4. The van der Waals surface area contributed by atoms with E-state index in [1.165, 1.54) is 18.3 Å². The lowest BCUT2D eigenvalue weighted by Gasteiger charge is -2.09. The van der Waals surface area contributed by atoms with Crippen LogP contribution in [0.1, 0.15) is 11.1 Å². The van der Waals surface area contributed by atoms with Gasteiger partial charge in [0, 0.05) is 34.3 Å². The van der Waals surface area contributed by atoms with Crippen molar-refractivity contribution in [2.24, 2.45) is 10.2 Å². The molecule has 1 heterocycles. The second kappa shape index (κ2) is 11.5. The van der Waals surface area contributed by atoms with Crippen LogP contribution < -0.4 is 10.9 Å². The van der Waals surface area contributed by atoms with E-state index in [1.807, 2.05) is 53.1 Å². The summed E-state index contributed by atoms with van der Waals surface area (Å²) in [6.07, 6.45) is 3.06. The number of aromatic nitrogens is 1. The van der Waals surface area contributed by atoms with Crippen molar-refractivity contribution < 1.29 is 9.85 Å². The molecule has 0 radical (unpaired) electrons. The number of rotatable bonds is 9. The van der Waals surface area contributed by atoms with Crippen molar-refractivity contribution in [1.29, 1.82) is 0 Å². The molecule has 0 aliphatic heterocycles. The lowest BCUT2D eigenvalue weighted by molar-refractivity contribution is -0.384. The minimum Gasteiger partial charge on any atom is -0.299 e. The van der Waals surface area contributed by atoms with E-state index in [2.05, 4.69) is 21.1 Å². The summed E-state index contributed by atoms with van der Waals surface area (Å²) < 4.78 is 1.84. The van der Waals surface area contributed by atoms with Gasteiger partial charge in [-0.1, -0.05) is 72.3 Å². The highest BCUT2D eigenvalue weighted by Crippen LogP contribution is 2.34. The van der Waals surface area contributed by atoms with Crippen LogP contribution in [0.5, 0.6) is 0 Å². The Morgan fingerprint density at radius 2 is 1.25 bits per heavy atom. The third-order valence-corrected chi connectivity index (χ3v) is 6.36. The first kappa shape index (κ1) is 26.1. The van der Waals surface area contributed by atoms with Gasteiger partial charge >= 0.3 is 0 Å². The number of fused-ring (bicyclic) bond motifs is 1. The summed E-state index contributed by atoms with van der Waals surface area (Å²) >= 11 is 6.91. The molecule has 0 saturated carbocycles. The molecule has 0 amide bonds. The molecule has 0 bridgehead atoms. The Labute approximate surface area is 232 Å². The molecule has 12 heteroatoms. The first-order valence-corrected chi connectivity index (χ1v) is 12.3. The number of hydrogen-bond acceptors (Lipinski definition) is 8. The molecule has 4 aromatic carbocycles. The molecule has 0 saturated heterocycles. The number of halogens is 1. The minimum absolute atomic E-state index is 0.0989. The molecule has 40 heavy (non-hydrogen) atoms. The van der Waals surface area contributed by atoms with Crippen LogP contribution in [0.25, 0.3) is 16.6 Å². The molecular weight excluding hydrogens is 534 g/mol. The van der Waals surface area contributed by atoms with Crippen molar-refractivity contribution >= 4 is 57.7 Å². The third kappa shape index (κ3) is 5.22. The number of hydrazone groups is 2. The van der Waals surface area contributed by atoms with E-state index in [9.17, 15) is 20.2 Å². The average molecular weight is 554 g/mol. The van der Waals surface area contributed by atoms with Crippen LogP contribution in [0, 0.1) is 20.2 Å². The van der Waals surface area contributed by atoms with Gasteiger partial charge in [0.25, 0.3) is 11.4 Å². The number of anilines is 2. The average Bonchev–Trinajstić information content (AvgIpc) is 3.25. The van der Waals surface area contributed by atoms with Crippen LogP contribution in [0.3, 0.4) is 0 Å². The fraction of sp³-hybridized carbons (Fsp3) is 0. The Balaban J connectivity index is 1.57. The fourth-order valence-corrected chi connectivity index (χ4v) is 4.53. The SMILES string of the molecule is O=[N+]([O-])c1ccccc1N/N=C\c1cccc2c(/C=N/Nc3ccccc3[N+](=O)[O-])c(Cl)n(-c3ccccc3)c12. The molecule has 0 spiro atoms. The zero-order valence-corrected chi connectivity index (χ0v) is 21.4. The van der Waals surface area contributed by atoms with E-state index in [0.717, 1.165) is 16.6 Å². The Hall–Kier alpha value is -5.55. The standard InChI is InChI=1S/C28H20ClN7O4/c29-28-22(18-31-33-24-14-5-7-16-26(24)36(39)40)21-12-8-9-19(27(21)34(28)20-10-2-1-3-11-20)17-30-32-23-13-4-6-15-25(23)35(37)38/h1-18,32-33H/b30-17-,31-18+. The van der Waals surface area contributed by atoms with Crippen LogP contribution in [0.15, 0.2) is 107 Å². The van der Waals surface area contributed by atoms with Gasteiger partial charge < -0.3 is 0 Å². The van der Waals surface area contributed by atoms with Gasteiger partial charge in [-0.05, 0) is 24.3 Å². The Bertz CT molecular complexity index is 1780. The molecule has 2 N–H and O–H groups in total. The summed E-state index contributed by atoms with van der Waals surface area (Å²) in [5, 5.41) is 32.3. The largest absolute Gasteiger partial charge is 0.299 e. The Kier molecular flexibility index (Phi) is 7.47. The van der Waals surface area contributed by atoms with Crippen molar-refractivity contribution in [1.82, 2.24) is 4.57 Å². The predicted octanol–water partition coefficient (Wildman–Crippen LogP) is 6.99. The first-order chi connectivity index (χ1) is 19.5. The summed E-state index contributed by atoms with van der Waals surface area (Å²) in [5.74, 6) is 0. The van der Waals surface area contributed by atoms with E-state index in [0.29, 0.717) is 16.3 Å². The summed E-state index contributed by atoms with van der Waals surface area (Å²) in [5.41, 5.74) is 8.53. The third-order valence-electron chi connectivity index (χ3n) is 5.98. The van der Waals surface area contributed by atoms with Crippen LogP contribution in [0.4, 0.5) is 22.7 Å². The van der Waals surface area contributed by atoms with Crippen molar-refractivity contribution in [2.75, 3.05) is 10.9 Å². The lowest BCUT2D eigenvalue weighted by atomic mass is 10.1. The molecule has 0 aliphatic rings. The van der Waals surface area contributed by atoms with Crippen molar-refractivity contribution in [3.8, 4) is 5.69 Å². The second-order valence-corrected chi connectivity index (χ2v) is 8.77. The first-order valence-electron chi connectivity index (χ1n) is 11.9. The van der Waals surface area contributed by atoms with E-state index in [-0.39, 0.29) is 22.7 Å². The van der Waals surface area contributed by atoms with Crippen LogP contribution >= 0.6 is 11.6 Å². The van der Waals surface area contributed by atoms with E-state index in [4.69, 9.17) is 11.6 Å². The highest BCUT2D eigenvalue weighted by molar-refractivity contribution is 6.35. The van der Waals surface area contributed by atoms with Gasteiger partial charge in [0.2, 0.25) is 0 Å². The van der Waals surface area contributed by atoms with Crippen LogP contribution in [0.2, 0.25) is 5.15 Å². The zero-order chi connectivity index (χ0) is 28.1. The second-order valence-electron chi connectivity index (χ2n) is 8.41. The molecule has 0 aliphatic carbocycles. The molecule has 5 aromatic rings. The monoisotopic (exact) mass is 553 g/mol. The maximum Gasteiger partial charge on any atom is 0.294 e. The molecule has 11 nitrogen and oxygen atoms in total. The van der Waals surface area contributed by atoms with Crippen LogP contribution in [-0.2, 0) is 0 Å². The number of hydrogen-bond donors (Lipinski definition) is 2. The molecule has 0 unspecified atom stereocenters. The summed E-state index contributed by atoms with van der Waals surface area (Å²) in [7, 11) is 0. The van der Waals surface area contributed by atoms with Crippen LogP contribution in [-0.4, -0.2) is 26.8 Å². The van der Waals surface area contributed by atoms with Crippen molar-refractivity contribution in [2.45, 2.75) is 0 Å². The minimum atomic E-state index is -0.490. The number of benzene rings is 4. The molecule has 1 aromatic heterocycles. The van der Waals surface area contributed by atoms with Crippen molar-refractivity contribution in [3.63, 3.8) is 0 Å². The molecule has 0 atom stereocenters. The Morgan fingerprint density at radius 1 is 0.700 bits per heavy atom. The molecule has 198 valence electrons. The van der Waals surface area contributed by atoms with E-state index < -0.39 is 9.85 Å². The van der Waals surface area contributed by atoms with Gasteiger partial charge in [0.1, 0.15) is 16.5 Å². The highest BCUT2D eigenvalue weighted by atomic mass is 35.5. The van der Waals surface area contributed by atoms with E-state index >= 15 is 0 Å². The number of nitrogens with zero attached hydrogens (tertiary/aromatic N) is 5. The highest BCUT2D eigenvalue weighted by Gasteiger charge is 2.19. The van der Waals surface area contributed by atoms with Gasteiger partial charge in [-0.15, -0.1) is 0 Å². The number of nitro benzene ring substituents is 2. The topological polar surface area (TPSA) is 140 Å². The van der Waals surface area contributed by atoms with Gasteiger partial charge in [0.05, 0.1) is 27.8 Å². The maximum absolute atomic E-state index is 11.3. The number of nitrogens with one attached hydrogen (secondary N) is 2. The predicted molar refractivity (Wildman–Crippen MR) is 157 cm³/mol. The van der Waals surface area contributed by atoms with E-state index in [1.54, 1.807) is 42.6 Å². The summed E-state index contributed by atoms with van der Waals surface area (Å²) in [6, 6.07) is 27.4. The normalized spacial score (nSPS) is 11.3. The quantitative estimate of drug-likeness (QED) is 0.114. The number of nitro groups is 2. The van der Waals surface area contributed by atoms with Gasteiger partial charge in [-0.25, -0.2) is 0 Å².